The van der Waals surface area contributed by atoms with Crippen LogP contribution in [0.15, 0.2) is 5.29 Å². The van der Waals surface area contributed by atoms with Crippen molar-refractivity contribution in [3.63, 3.8) is 0 Å². The van der Waals surface area contributed by atoms with Crippen molar-refractivity contribution >= 4 is 6.03 Å². The van der Waals surface area contributed by atoms with Crippen LogP contribution in [0.3, 0.4) is 0 Å². The van der Waals surface area contributed by atoms with Gasteiger partial charge in [0.1, 0.15) is 0 Å². The summed E-state index contributed by atoms with van der Waals surface area (Å²) in [6.07, 6.45) is -4.80. The van der Waals surface area contributed by atoms with Gasteiger partial charge in [-0.25, -0.2) is 4.79 Å². The lowest BCUT2D eigenvalue weighted by Gasteiger charge is -2.14. The fraction of sp³-hybridized carbons (Fsp3) is 0.833. The number of amides is 2. The van der Waals surface area contributed by atoms with E-state index in [4.69, 9.17) is 5.73 Å². The number of halogens is 3. The van der Waals surface area contributed by atoms with Crippen LogP contribution in [0, 0.1) is 4.91 Å². The summed E-state index contributed by atoms with van der Waals surface area (Å²) in [4.78, 5) is 21.1. The molecule has 0 saturated heterocycles. The van der Waals surface area contributed by atoms with Crippen LogP contribution in [0.2, 0.25) is 0 Å². The van der Waals surface area contributed by atoms with E-state index in [9.17, 15) is 22.9 Å². The lowest BCUT2D eigenvalue weighted by atomic mass is 10.6. The number of alkyl halides is 3. The van der Waals surface area contributed by atoms with Crippen LogP contribution in [0.25, 0.3) is 0 Å². The van der Waals surface area contributed by atoms with Crippen LogP contribution in [-0.2, 0) is 4.74 Å². The van der Waals surface area contributed by atoms with Gasteiger partial charge in [-0.05, 0) is 0 Å². The van der Waals surface area contributed by atoms with Gasteiger partial charge in [-0.15, -0.1) is 18.1 Å². The van der Waals surface area contributed by atoms with Crippen LogP contribution in [0.5, 0.6) is 0 Å². The maximum atomic E-state index is 11.5. The molecule has 0 fully saturated rings. The van der Waals surface area contributed by atoms with E-state index < -0.39 is 25.5 Å². The van der Waals surface area contributed by atoms with Gasteiger partial charge in [0, 0.05) is 13.1 Å². The number of carbonyl (C=O) groups excluding carboxylic acids is 1. The quantitative estimate of drug-likeness (QED) is 0.514. The van der Waals surface area contributed by atoms with Crippen molar-refractivity contribution in [3.05, 3.63) is 4.91 Å². The Morgan fingerprint density at radius 2 is 2.12 bits per heavy atom. The van der Waals surface area contributed by atoms with E-state index in [1.165, 1.54) is 0 Å². The smallest absolute Gasteiger partial charge is 0.335 e. The highest BCUT2D eigenvalue weighted by molar-refractivity contribution is 5.73. The zero-order valence-corrected chi connectivity index (χ0v) is 8.16. The van der Waals surface area contributed by atoms with Gasteiger partial charge in [0.2, 0.25) is 0 Å². The molecule has 0 aliphatic rings. The van der Waals surface area contributed by atoms with Crippen molar-refractivity contribution in [2.45, 2.75) is 6.36 Å². The Hall–Kier alpha value is -1.42. The van der Waals surface area contributed by atoms with E-state index in [0.29, 0.717) is 0 Å². The van der Waals surface area contributed by atoms with Crippen LogP contribution in [0.4, 0.5) is 18.0 Å². The van der Waals surface area contributed by atoms with Crippen molar-refractivity contribution in [1.82, 2.24) is 10.3 Å². The topological polar surface area (TPSA) is 97.0 Å². The standard InChI is InChI=1S/C6H11F3N4O3/c7-6(8,9)16-4-3-13(12-15)5(14)11-2-1-10/h1-4,10H2,(H,11,14). The first-order chi connectivity index (χ1) is 7.40. The van der Waals surface area contributed by atoms with Crippen molar-refractivity contribution in [3.8, 4) is 0 Å². The number of nitrogens with two attached hydrogens (primary N) is 1. The molecule has 0 rings (SSSR count). The van der Waals surface area contributed by atoms with Crippen molar-refractivity contribution in [2.75, 3.05) is 26.2 Å². The van der Waals surface area contributed by atoms with Gasteiger partial charge in [0.25, 0.3) is 0 Å². The molecule has 3 N–H and O–H groups in total. The molecule has 0 unspecified atom stereocenters. The summed E-state index contributed by atoms with van der Waals surface area (Å²) in [5.41, 5.74) is 5.06. The van der Waals surface area contributed by atoms with Gasteiger partial charge in [0.05, 0.1) is 18.4 Å². The zero-order valence-electron chi connectivity index (χ0n) is 8.16. The highest BCUT2D eigenvalue weighted by Gasteiger charge is 2.29. The Balaban J connectivity index is 3.91. The molecule has 0 saturated carbocycles. The van der Waals surface area contributed by atoms with E-state index in [1.807, 2.05) is 0 Å². The molecule has 0 aliphatic heterocycles. The molecule has 0 heterocycles. The third-order valence-electron chi connectivity index (χ3n) is 1.32. The highest BCUT2D eigenvalue weighted by atomic mass is 19.4. The summed E-state index contributed by atoms with van der Waals surface area (Å²) < 4.78 is 38.0. The molecule has 16 heavy (non-hydrogen) atoms. The van der Waals surface area contributed by atoms with Crippen LogP contribution in [0.1, 0.15) is 0 Å². The zero-order chi connectivity index (χ0) is 12.6. The molecule has 94 valence electrons. The second kappa shape index (κ2) is 6.95. The first-order valence-corrected chi connectivity index (χ1v) is 4.20. The molecule has 7 nitrogen and oxygen atoms in total. The normalized spacial score (nSPS) is 11.0. The van der Waals surface area contributed by atoms with E-state index in [1.54, 1.807) is 0 Å². The van der Waals surface area contributed by atoms with E-state index >= 15 is 0 Å². The predicted octanol–water partition coefficient (Wildman–Crippen LogP) is 0.174. The molecule has 2 amide bonds. The number of nitrogens with zero attached hydrogens (tertiary/aromatic N) is 2. The number of nitrogens with one attached hydrogen (secondary N) is 1. The third kappa shape index (κ3) is 6.95. The summed E-state index contributed by atoms with van der Waals surface area (Å²) >= 11 is 0. The third-order valence-corrected chi connectivity index (χ3v) is 1.32. The van der Waals surface area contributed by atoms with Crippen LogP contribution in [-0.4, -0.2) is 43.6 Å². The van der Waals surface area contributed by atoms with Crippen molar-refractivity contribution in [2.24, 2.45) is 11.0 Å². The maximum absolute atomic E-state index is 11.5. The number of rotatable bonds is 6. The monoisotopic (exact) mass is 244 g/mol. The summed E-state index contributed by atoms with van der Waals surface area (Å²) in [5, 5.41) is 4.69. The lowest BCUT2D eigenvalue weighted by molar-refractivity contribution is -0.324. The number of hydrogen-bond donors (Lipinski definition) is 2. The Kier molecular flexibility index (Phi) is 6.34. The molecular weight excluding hydrogens is 233 g/mol. The largest absolute Gasteiger partial charge is 0.522 e. The van der Waals surface area contributed by atoms with Crippen molar-refractivity contribution in [1.29, 1.82) is 0 Å². The second-order valence-electron chi connectivity index (χ2n) is 2.52. The minimum atomic E-state index is -4.80. The van der Waals surface area contributed by atoms with E-state index in [2.05, 4.69) is 15.3 Å². The second-order valence-corrected chi connectivity index (χ2v) is 2.52. The van der Waals surface area contributed by atoms with Crippen LogP contribution >= 0.6 is 0 Å². The SMILES string of the molecule is NCCNC(=O)N(CCOC(F)(F)F)N=O. The molecule has 10 heteroatoms. The van der Waals surface area contributed by atoms with Gasteiger partial charge in [-0.2, -0.15) is 5.01 Å². The number of ether oxygens (including phenoxy) is 1. The van der Waals surface area contributed by atoms with Gasteiger partial charge < -0.3 is 11.1 Å². The number of carbonyl (C=O) groups is 1. The summed E-state index contributed by atoms with van der Waals surface area (Å²) in [7, 11) is 0. The van der Waals surface area contributed by atoms with Gasteiger partial charge in [-0.1, -0.05) is 0 Å². The Morgan fingerprint density at radius 3 is 2.56 bits per heavy atom. The molecule has 0 atom stereocenters. The maximum Gasteiger partial charge on any atom is 0.522 e. The van der Waals surface area contributed by atoms with E-state index in [0.717, 1.165) is 0 Å². The average Bonchev–Trinajstić information content (AvgIpc) is 2.19. The summed E-state index contributed by atoms with van der Waals surface area (Å²) in [6.45, 7) is -1.24. The summed E-state index contributed by atoms with van der Waals surface area (Å²) in [6, 6.07) is -0.925. The predicted molar refractivity (Wildman–Crippen MR) is 47.0 cm³/mol. The minimum Gasteiger partial charge on any atom is -0.335 e. The first kappa shape index (κ1) is 14.6. The highest BCUT2D eigenvalue weighted by Crippen LogP contribution is 2.15. The van der Waals surface area contributed by atoms with Gasteiger partial charge in [-0.3, -0.25) is 4.74 Å². The Bertz CT molecular complexity index is 236. The summed E-state index contributed by atoms with van der Waals surface area (Å²) in [5.74, 6) is 0. The van der Waals surface area contributed by atoms with Crippen LogP contribution < -0.4 is 11.1 Å². The van der Waals surface area contributed by atoms with Gasteiger partial charge >= 0.3 is 12.4 Å². The van der Waals surface area contributed by atoms with Crippen molar-refractivity contribution < 1.29 is 22.7 Å². The molecule has 0 spiro atoms. The van der Waals surface area contributed by atoms with Gasteiger partial charge in [0.15, 0.2) is 0 Å². The molecule has 0 aromatic carbocycles. The lowest BCUT2D eigenvalue weighted by Crippen LogP contribution is -2.40. The Morgan fingerprint density at radius 1 is 1.50 bits per heavy atom. The Labute approximate surface area is 88.7 Å². The molecule has 0 aliphatic carbocycles. The molecule has 0 bridgehead atoms. The minimum absolute atomic E-state index is 0.0883. The number of urea groups is 1. The first-order valence-electron chi connectivity index (χ1n) is 4.20. The average molecular weight is 244 g/mol. The molecule has 0 radical (unpaired) electrons. The van der Waals surface area contributed by atoms with E-state index in [-0.39, 0.29) is 18.1 Å². The fourth-order valence-electron chi connectivity index (χ4n) is 0.698. The fourth-order valence-corrected chi connectivity index (χ4v) is 0.698. The molecular formula is C6H11F3N4O3. The molecule has 0 aromatic rings. The number of hydrogen-bond acceptors (Lipinski definition) is 5. The molecule has 0 aromatic heterocycles. The number of nitroso groups, excluding NO2 is 1.